The molecule has 0 aliphatic carbocycles. The van der Waals surface area contributed by atoms with Crippen molar-refractivity contribution in [2.75, 3.05) is 17.4 Å². The molecule has 2 N–H and O–H groups in total. The Morgan fingerprint density at radius 3 is 2.76 bits per heavy atom. The van der Waals surface area contributed by atoms with Gasteiger partial charge in [0.1, 0.15) is 5.82 Å². The zero-order valence-corrected chi connectivity index (χ0v) is 12.2. The second-order valence-electron chi connectivity index (χ2n) is 4.27. The molecule has 108 valence electrons. The van der Waals surface area contributed by atoms with Crippen LogP contribution in [-0.4, -0.2) is 11.9 Å². The van der Waals surface area contributed by atoms with Crippen LogP contribution in [-0.2, 0) is 0 Å². The fourth-order valence-electron chi connectivity index (χ4n) is 1.85. The average Bonchev–Trinajstić information content (AvgIpc) is 2.90. The van der Waals surface area contributed by atoms with Crippen molar-refractivity contribution < 1.29 is 13.9 Å². The summed E-state index contributed by atoms with van der Waals surface area (Å²) in [6.07, 6.45) is 0. The number of rotatable bonds is 2. The van der Waals surface area contributed by atoms with Crippen molar-refractivity contribution in [2.24, 2.45) is 0 Å². The van der Waals surface area contributed by atoms with E-state index < -0.39 is 5.82 Å². The molecule has 0 spiro atoms. The molecule has 4 nitrogen and oxygen atoms in total. The van der Waals surface area contributed by atoms with Crippen LogP contribution in [0, 0.1) is 5.82 Å². The molecule has 0 unspecified atom stereocenters. The van der Waals surface area contributed by atoms with Gasteiger partial charge in [0, 0.05) is 16.8 Å². The summed E-state index contributed by atoms with van der Waals surface area (Å²) in [7, 11) is 0. The molecule has 21 heavy (non-hydrogen) atoms. The van der Waals surface area contributed by atoms with E-state index >= 15 is 0 Å². The summed E-state index contributed by atoms with van der Waals surface area (Å²) in [5, 5.41) is 6.36. The molecule has 0 amide bonds. The van der Waals surface area contributed by atoms with Crippen molar-refractivity contribution in [2.45, 2.75) is 0 Å². The maximum Gasteiger partial charge on any atom is 0.231 e. The number of halogens is 2. The van der Waals surface area contributed by atoms with Gasteiger partial charge in [-0.05, 0) is 42.5 Å². The Morgan fingerprint density at radius 1 is 1.10 bits per heavy atom. The Balaban J connectivity index is 1.70. The van der Waals surface area contributed by atoms with Crippen LogP contribution in [0.25, 0.3) is 0 Å². The SMILES string of the molecule is Fc1ccc(Cl)cc1NC(=S)Nc1ccc2c(c1)OCO2. The summed E-state index contributed by atoms with van der Waals surface area (Å²) in [4.78, 5) is 0. The maximum atomic E-state index is 13.6. The number of hydrogen-bond donors (Lipinski definition) is 2. The summed E-state index contributed by atoms with van der Waals surface area (Å²) in [6.45, 7) is 0.204. The second kappa shape index (κ2) is 5.75. The monoisotopic (exact) mass is 324 g/mol. The Labute approximate surface area is 130 Å². The molecule has 0 fully saturated rings. The first-order valence-corrected chi connectivity index (χ1v) is 6.83. The van der Waals surface area contributed by atoms with Gasteiger partial charge in [-0.3, -0.25) is 0 Å². The first kappa shape index (κ1) is 13.9. The smallest absolute Gasteiger partial charge is 0.231 e. The molecule has 3 rings (SSSR count). The largest absolute Gasteiger partial charge is 0.454 e. The summed E-state index contributed by atoms with van der Waals surface area (Å²) < 4.78 is 24.1. The zero-order chi connectivity index (χ0) is 14.8. The van der Waals surface area contributed by atoms with E-state index in [-0.39, 0.29) is 17.6 Å². The van der Waals surface area contributed by atoms with Gasteiger partial charge in [0.2, 0.25) is 6.79 Å². The molecule has 2 aromatic rings. The molecular weight excluding hydrogens is 315 g/mol. The number of benzene rings is 2. The molecule has 1 aliphatic rings. The van der Waals surface area contributed by atoms with E-state index in [4.69, 9.17) is 33.3 Å². The van der Waals surface area contributed by atoms with Gasteiger partial charge in [0.25, 0.3) is 0 Å². The summed E-state index contributed by atoms with van der Waals surface area (Å²) in [6, 6.07) is 9.52. The van der Waals surface area contributed by atoms with E-state index in [9.17, 15) is 4.39 Å². The van der Waals surface area contributed by atoms with Crippen molar-refractivity contribution in [1.29, 1.82) is 0 Å². The first-order valence-electron chi connectivity index (χ1n) is 6.04. The van der Waals surface area contributed by atoms with E-state index in [1.807, 2.05) is 0 Å². The molecule has 7 heteroatoms. The van der Waals surface area contributed by atoms with E-state index in [1.54, 1.807) is 18.2 Å². The molecule has 0 radical (unpaired) electrons. The van der Waals surface area contributed by atoms with Crippen molar-refractivity contribution >= 4 is 40.3 Å². The highest BCUT2D eigenvalue weighted by Crippen LogP contribution is 2.34. The highest BCUT2D eigenvalue weighted by molar-refractivity contribution is 7.80. The highest BCUT2D eigenvalue weighted by Gasteiger charge is 2.13. The molecule has 0 bridgehead atoms. The maximum absolute atomic E-state index is 13.6. The van der Waals surface area contributed by atoms with E-state index in [2.05, 4.69) is 10.6 Å². The molecule has 0 atom stereocenters. The predicted molar refractivity (Wildman–Crippen MR) is 83.8 cm³/mol. The van der Waals surface area contributed by atoms with Gasteiger partial charge in [-0.1, -0.05) is 11.6 Å². The standard InChI is InChI=1S/C14H10ClFN2O2S/c15-8-1-3-10(16)11(5-8)18-14(21)17-9-2-4-12-13(6-9)20-7-19-12/h1-6H,7H2,(H2,17,18,21). The normalized spacial score (nSPS) is 12.1. The molecule has 2 aromatic carbocycles. The van der Waals surface area contributed by atoms with Crippen LogP contribution >= 0.6 is 23.8 Å². The second-order valence-corrected chi connectivity index (χ2v) is 5.12. The van der Waals surface area contributed by atoms with Gasteiger partial charge in [0.15, 0.2) is 16.6 Å². The minimum Gasteiger partial charge on any atom is -0.454 e. The first-order chi connectivity index (χ1) is 10.1. The van der Waals surface area contributed by atoms with Crippen molar-refractivity contribution in [1.82, 2.24) is 0 Å². The Morgan fingerprint density at radius 2 is 1.90 bits per heavy atom. The van der Waals surface area contributed by atoms with Crippen LogP contribution in [0.15, 0.2) is 36.4 Å². The number of fused-ring (bicyclic) bond motifs is 1. The summed E-state index contributed by atoms with van der Waals surface area (Å²) in [5.41, 5.74) is 0.917. The van der Waals surface area contributed by atoms with Gasteiger partial charge in [-0.15, -0.1) is 0 Å². The van der Waals surface area contributed by atoms with Crippen LogP contribution < -0.4 is 20.1 Å². The van der Waals surface area contributed by atoms with E-state index in [0.717, 1.165) is 0 Å². The predicted octanol–water partition coefficient (Wildman–Crippen LogP) is 4.02. The van der Waals surface area contributed by atoms with Crippen molar-refractivity contribution in [3.63, 3.8) is 0 Å². The van der Waals surface area contributed by atoms with Crippen LogP contribution in [0.1, 0.15) is 0 Å². The topological polar surface area (TPSA) is 42.5 Å². The van der Waals surface area contributed by atoms with Gasteiger partial charge in [-0.2, -0.15) is 0 Å². The molecule has 0 saturated heterocycles. The van der Waals surface area contributed by atoms with Crippen LogP contribution in [0.3, 0.4) is 0 Å². The van der Waals surface area contributed by atoms with Crippen molar-refractivity contribution in [3.8, 4) is 11.5 Å². The third-order valence-corrected chi connectivity index (χ3v) is 3.25. The Kier molecular flexibility index (Phi) is 3.81. The molecule has 1 aliphatic heterocycles. The van der Waals surface area contributed by atoms with E-state index in [1.165, 1.54) is 18.2 Å². The lowest BCUT2D eigenvalue weighted by atomic mass is 10.3. The summed E-state index contributed by atoms with van der Waals surface area (Å²) >= 11 is 11.0. The number of anilines is 2. The lowest BCUT2D eigenvalue weighted by molar-refractivity contribution is 0.174. The number of ether oxygens (including phenoxy) is 2. The molecule has 0 aromatic heterocycles. The van der Waals surface area contributed by atoms with Gasteiger partial charge in [0.05, 0.1) is 5.69 Å². The number of hydrogen-bond acceptors (Lipinski definition) is 3. The van der Waals surface area contributed by atoms with E-state index in [0.29, 0.717) is 22.2 Å². The van der Waals surface area contributed by atoms with Crippen LogP contribution in [0.5, 0.6) is 11.5 Å². The molecule has 1 heterocycles. The quantitative estimate of drug-likeness (QED) is 0.817. The average molecular weight is 325 g/mol. The molecular formula is C14H10ClFN2O2S. The lowest BCUT2D eigenvalue weighted by Gasteiger charge is -2.11. The third-order valence-electron chi connectivity index (χ3n) is 2.81. The minimum atomic E-state index is -0.436. The highest BCUT2D eigenvalue weighted by atomic mass is 35.5. The fraction of sp³-hybridized carbons (Fsp3) is 0.0714. The lowest BCUT2D eigenvalue weighted by Crippen LogP contribution is -2.19. The Hall–Kier alpha value is -2.05. The fourth-order valence-corrected chi connectivity index (χ4v) is 2.25. The number of thiocarbonyl (C=S) groups is 1. The van der Waals surface area contributed by atoms with Crippen LogP contribution in [0.2, 0.25) is 5.02 Å². The zero-order valence-electron chi connectivity index (χ0n) is 10.7. The van der Waals surface area contributed by atoms with Gasteiger partial charge >= 0.3 is 0 Å². The van der Waals surface area contributed by atoms with Gasteiger partial charge < -0.3 is 20.1 Å². The van der Waals surface area contributed by atoms with Crippen LogP contribution in [0.4, 0.5) is 15.8 Å². The Bertz CT molecular complexity index is 711. The summed E-state index contributed by atoms with van der Waals surface area (Å²) in [5.74, 6) is 0.881. The van der Waals surface area contributed by atoms with Gasteiger partial charge in [-0.25, -0.2) is 4.39 Å². The minimum absolute atomic E-state index is 0.204. The number of nitrogens with one attached hydrogen (secondary N) is 2. The molecule has 0 saturated carbocycles. The third kappa shape index (κ3) is 3.17. The van der Waals surface area contributed by atoms with Crippen molar-refractivity contribution in [3.05, 3.63) is 47.2 Å².